The summed E-state index contributed by atoms with van der Waals surface area (Å²) in [6, 6.07) is 5.13. The summed E-state index contributed by atoms with van der Waals surface area (Å²) in [6.45, 7) is 6.00. The number of benzene rings is 1. The Kier molecular flexibility index (Phi) is 5.73. The summed E-state index contributed by atoms with van der Waals surface area (Å²) in [4.78, 5) is 11.1. The van der Waals surface area contributed by atoms with Gasteiger partial charge in [0.2, 0.25) is 0 Å². The predicted molar refractivity (Wildman–Crippen MR) is 75.8 cm³/mol. The smallest absolute Gasteiger partial charge is 0.333 e. The van der Waals surface area contributed by atoms with E-state index in [4.69, 9.17) is 20.9 Å². The molecule has 0 radical (unpaired) electrons. The van der Waals surface area contributed by atoms with Crippen molar-refractivity contribution in [2.45, 2.75) is 19.8 Å². The standard InChI is InChI=1S/C14H20N2O3/c1-10(2)14(17)19-8-4-3-7-18-13-6-5-11(15)9-12(13)16/h5-6,9H,1,3-4,7-8,15-16H2,2H3. The van der Waals surface area contributed by atoms with Gasteiger partial charge >= 0.3 is 5.97 Å². The number of hydrogen-bond acceptors (Lipinski definition) is 5. The fourth-order valence-electron chi connectivity index (χ4n) is 1.37. The van der Waals surface area contributed by atoms with Gasteiger partial charge in [-0.3, -0.25) is 0 Å². The quantitative estimate of drug-likeness (QED) is 0.341. The van der Waals surface area contributed by atoms with Crippen molar-refractivity contribution in [3.63, 3.8) is 0 Å². The first-order valence-corrected chi connectivity index (χ1v) is 6.11. The zero-order chi connectivity index (χ0) is 14.3. The molecule has 0 spiro atoms. The molecule has 1 aromatic carbocycles. The Bertz CT molecular complexity index is 458. The summed E-state index contributed by atoms with van der Waals surface area (Å²) in [5.41, 5.74) is 12.9. The molecule has 0 aromatic heterocycles. The lowest BCUT2D eigenvalue weighted by atomic mass is 10.2. The van der Waals surface area contributed by atoms with Crippen LogP contribution in [0.4, 0.5) is 11.4 Å². The maximum absolute atomic E-state index is 11.1. The summed E-state index contributed by atoms with van der Waals surface area (Å²) < 4.78 is 10.5. The van der Waals surface area contributed by atoms with Gasteiger partial charge in [-0.1, -0.05) is 6.58 Å². The van der Waals surface area contributed by atoms with E-state index >= 15 is 0 Å². The third-order valence-electron chi connectivity index (χ3n) is 2.41. The average Bonchev–Trinajstić information content (AvgIpc) is 2.35. The fraction of sp³-hybridized carbons (Fsp3) is 0.357. The highest BCUT2D eigenvalue weighted by molar-refractivity contribution is 5.86. The molecule has 104 valence electrons. The molecule has 0 heterocycles. The number of carbonyl (C=O) groups is 1. The minimum absolute atomic E-state index is 0.358. The summed E-state index contributed by atoms with van der Waals surface area (Å²) in [5.74, 6) is 0.261. The molecule has 0 amide bonds. The first-order chi connectivity index (χ1) is 9.00. The van der Waals surface area contributed by atoms with Gasteiger partial charge < -0.3 is 20.9 Å². The van der Waals surface area contributed by atoms with E-state index in [1.807, 2.05) is 0 Å². The Hall–Kier alpha value is -2.17. The molecule has 0 bridgehead atoms. The van der Waals surface area contributed by atoms with Crippen molar-refractivity contribution >= 4 is 17.3 Å². The predicted octanol–water partition coefficient (Wildman–Crippen LogP) is 2.13. The molecule has 1 rings (SSSR count). The Balaban J connectivity index is 2.17. The molecule has 5 nitrogen and oxygen atoms in total. The third-order valence-corrected chi connectivity index (χ3v) is 2.41. The minimum atomic E-state index is -0.358. The van der Waals surface area contributed by atoms with Crippen molar-refractivity contribution in [3.05, 3.63) is 30.4 Å². The number of nitrogen functional groups attached to an aromatic ring is 2. The van der Waals surface area contributed by atoms with Crippen LogP contribution in [0.2, 0.25) is 0 Å². The van der Waals surface area contributed by atoms with E-state index in [1.54, 1.807) is 25.1 Å². The number of anilines is 2. The highest BCUT2D eigenvalue weighted by Gasteiger charge is 2.03. The molecule has 0 saturated heterocycles. The van der Waals surface area contributed by atoms with E-state index in [0.717, 1.165) is 12.8 Å². The van der Waals surface area contributed by atoms with Gasteiger partial charge in [-0.2, -0.15) is 0 Å². The van der Waals surface area contributed by atoms with Gasteiger partial charge in [0.15, 0.2) is 0 Å². The molecule has 0 fully saturated rings. The monoisotopic (exact) mass is 264 g/mol. The number of esters is 1. The molecular weight excluding hydrogens is 244 g/mol. The van der Waals surface area contributed by atoms with Gasteiger partial charge in [-0.05, 0) is 38.0 Å². The van der Waals surface area contributed by atoms with Gasteiger partial charge in [-0.25, -0.2) is 4.79 Å². The lowest BCUT2D eigenvalue weighted by Crippen LogP contribution is -2.07. The number of carbonyl (C=O) groups excluding carboxylic acids is 1. The van der Waals surface area contributed by atoms with E-state index in [0.29, 0.717) is 35.9 Å². The summed E-state index contributed by atoms with van der Waals surface area (Å²) in [7, 11) is 0. The van der Waals surface area contributed by atoms with Crippen LogP contribution in [0.1, 0.15) is 19.8 Å². The SMILES string of the molecule is C=C(C)C(=O)OCCCCOc1ccc(N)cc1N. The second kappa shape index (κ2) is 7.31. The number of rotatable bonds is 7. The van der Waals surface area contributed by atoms with Crippen molar-refractivity contribution in [2.24, 2.45) is 0 Å². The highest BCUT2D eigenvalue weighted by atomic mass is 16.5. The maximum Gasteiger partial charge on any atom is 0.333 e. The van der Waals surface area contributed by atoms with E-state index in [1.165, 1.54) is 0 Å². The van der Waals surface area contributed by atoms with Gasteiger partial charge in [0, 0.05) is 11.3 Å². The van der Waals surface area contributed by atoms with Crippen molar-refractivity contribution in [1.82, 2.24) is 0 Å². The second-order valence-corrected chi connectivity index (χ2v) is 4.27. The summed E-state index contributed by atoms with van der Waals surface area (Å²) >= 11 is 0. The molecule has 0 unspecified atom stereocenters. The van der Waals surface area contributed by atoms with Gasteiger partial charge in [0.05, 0.1) is 18.9 Å². The Morgan fingerprint density at radius 3 is 2.58 bits per heavy atom. The minimum Gasteiger partial charge on any atom is -0.491 e. The average molecular weight is 264 g/mol. The van der Waals surface area contributed by atoms with Crippen LogP contribution in [-0.4, -0.2) is 19.2 Å². The van der Waals surface area contributed by atoms with Crippen LogP contribution in [0.3, 0.4) is 0 Å². The van der Waals surface area contributed by atoms with Crippen LogP contribution < -0.4 is 16.2 Å². The first-order valence-electron chi connectivity index (χ1n) is 6.11. The molecule has 0 aliphatic carbocycles. The largest absolute Gasteiger partial charge is 0.491 e. The van der Waals surface area contributed by atoms with Gasteiger partial charge in [0.1, 0.15) is 5.75 Å². The van der Waals surface area contributed by atoms with Crippen molar-refractivity contribution in [1.29, 1.82) is 0 Å². The molecular formula is C14H20N2O3. The van der Waals surface area contributed by atoms with Crippen LogP contribution in [-0.2, 0) is 9.53 Å². The fourth-order valence-corrected chi connectivity index (χ4v) is 1.37. The van der Waals surface area contributed by atoms with E-state index in [2.05, 4.69) is 6.58 Å². The second-order valence-electron chi connectivity index (χ2n) is 4.27. The summed E-state index contributed by atoms with van der Waals surface area (Å²) in [5, 5.41) is 0. The molecule has 0 aliphatic heterocycles. The molecule has 0 aliphatic rings. The number of hydrogen-bond donors (Lipinski definition) is 2. The van der Waals surface area contributed by atoms with Crippen LogP contribution in [0.25, 0.3) is 0 Å². The third kappa shape index (κ3) is 5.33. The normalized spacial score (nSPS) is 9.95. The van der Waals surface area contributed by atoms with Crippen LogP contribution >= 0.6 is 0 Å². The van der Waals surface area contributed by atoms with Gasteiger partial charge in [0.25, 0.3) is 0 Å². The topological polar surface area (TPSA) is 87.6 Å². The van der Waals surface area contributed by atoms with Crippen molar-refractivity contribution in [3.8, 4) is 5.75 Å². The Labute approximate surface area is 113 Å². The van der Waals surface area contributed by atoms with Crippen molar-refractivity contribution in [2.75, 3.05) is 24.7 Å². The zero-order valence-electron chi connectivity index (χ0n) is 11.1. The first kappa shape index (κ1) is 14.9. The molecule has 4 N–H and O–H groups in total. The molecule has 5 heteroatoms. The van der Waals surface area contributed by atoms with Crippen molar-refractivity contribution < 1.29 is 14.3 Å². The van der Waals surface area contributed by atoms with Crippen LogP contribution in [0, 0.1) is 0 Å². The molecule has 19 heavy (non-hydrogen) atoms. The Morgan fingerprint density at radius 1 is 1.26 bits per heavy atom. The lowest BCUT2D eigenvalue weighted by molar-refractivity contribution is -0.139. The Morgan fingerprint density at radius 2 is 1.95 bits per heavy atom. The number of unbranched alkanes of at least 4 members (excludes halogenated alkanes) is 1. The lowest BCUT2D eigenvalue weighted by Gasteiger charge is -2.09. The van der Waals surface area contributed by atoms with Gasteiger partial charge in [-0.15, -0.1) is 0 Å². The molecule has 1 aromatic rings. The van der Waals surface area contributed by atoms with E-state index in [9.17, 15) is 4.79 Å². The molecule has 0 saturated carbocycles. The number of nitrogens with two attached hydrogens (primary N) is 2. The van der Waals surface area contributed by atoms with E-state index in [-0.39, 0.29) is 5.97 Å². The van der Waals surface area contributed by atoms with Crippen LogP contribution in [0.15, 0.2) is 30.4 Å². The maximum atomic E-state index is 11.1. The summed E-state index contributed by atoms with van der Waals surface area (Å²) in [6.07, 6.45) is 1.50. The zero-order valence-corrected chi connectivity index (χ0v) is 11.1. The number of ether oxygens (including phenoxy) is 2. The highest BCUT2D eigenvalue weighted by Crippen LogP contribution is 2.23. The van der Waals surface area contributed by atoms with Crippen LogP contribution in [0.5, 0.6) is 5.75 Å². The molecule has 0 atom stereocenters. The van der Waals surface area contributed by atoms with E-state index < -0.39 is 0 Å².